The van der Waals surface area contributed by atoms with Gasteiger partial charge in [0.1, 0.15) is 12.1 Å². The Balaban J connectivity index is 4.36. The molecule has 0 saturated carbocycles. The lowest BCUT2D eigenvalue weighted by Gasteiger charge is -2.18. The van der Waals surface area contributed by atoms with Gasteiger partial charge in [0.15, 0.2) is 0 Å². The molecule has 110 valence electrons. The standard InChI is InChI=1S/C10H15F3N2O4/c1-4-19-8(17)6(3)14-7(16)5(2)15-9(18)10(11,12)13/h5-6H,4H2,1-3H3,(H,14,16)(H,15,18). The largest absolute Gasteiger partial charge is 0.471 e. The van der Waals surface area contributed by atoms with Crippen molar-refractivity contribution in [2.24, 2.45) is 0 Å². The molecule has 0 saturated heterocycles. The van der Waals surface area contributed by atoms with E-state index >= 15 is 0 Å². The smallest absolute Gasteiger partial charge is 0.464 e. The van der Waals surface area contributed by atoms with E-state index in [0.29, 0.717) is 0 Å². The van der Waals surface area contributed by atoms with E-state index in [1.807, 2.05) is 0 Å². The lowest BCUT2D eigenvalue weighted by atomic mass is 10.2. The Bertz CT molecular complexity index is 357. The average molecular weight is 284 g/mol. The van der Waals surface area contributed by atoms with Gasteiger partial charge in [-0.05, 0) is 20.8 Å². The third-order valence-corrected chi connectivity index (χ3v) is 2.00. The molecule has 0 spiro atoms. The summed E-state index contributed by atoms with van der Waals surface area (Å²) in [6.07, 6.45) is -5.07. The first kappa shape index (κ1) is 17.2. The van der Waals surface area contributed by atoms with E-state index in [1.54, 1.807) is 6.92 Å². The number of carbonyl (C=O) groups is 3. The first-order valence-electron chi connectivity index (χ1n) is 5.44. The molecule has 0 aliphatic rings. The highest BCUT2D eigenvalue weighted by atomic mass is 19.4. The number of halogens is 3. The van der Waals surface area contributed by atoms with Gasteiger partial charge in [-0.2, -0.15) is 13.2 Å². The van der Waals surface area contributed by atoms with E-state index in [4.69, 9.17) is 0 Å². The summed E-state index contributed by atoms with van der Waals surface area (Å²) in [7, 11) is 0. The second-order valence-corrected chi connectivity index (χ2v) is 3.68. The van der Waals surface area contributed by atoms with Crippen LogP contribution in [-0.2, 0) is 19.1 Å². The minimum atomic E-state index is -5.07. The molecule has 0 aromatic rings. The van der Waals surface area contributed by atoms with E-state index in [0.717, 1.165) is 6.92 Å². The number of hydrogen-bond donors (Lipinski definition) is 2. The number of esters is 1. The van der Waals surface area contributed by atoms with Gasteiger partial charge >= 0.3 is 18.1 Å². The van der Waals surface area contributed by atoms with Crippen molar-refractivity contribution in [1.29, 1.82) is 0 Å². The highest BCUT2D eigenvalue weighted by molar-refractivity contribution is 5.91. The maximum absolute atomic E-state index is 11.9. The zero-order valence-corrected chi connectivity index (χ0v) is 10.6. The van der Waals surface area contributed by atoms with Crippen molar-refractivity contribution in [2.75, 3.05) is 6.61 Å². The van der Waals surface area contributed by atoms with Gasteiger partial charge in [-0.25, -0.2) is 4.79 Å². The van der Waals surface area contributed by atoms with E-state index in [9.17, 15) is 27.6 Å². The van der Waals surface area contributed by atoms with Crippen LogP contribution in [0.3, 0.4) is 0 Å². The van der Waals surface area contributed by atoms with E-state index in [-0.39, 0.29) is 6.61 Å². The molecule has 0 aromatic heterocycles. The second-order valence-electron chi connectivity index (χ2n) is 3.68. The Morgan fingerprint density at radius 3 is 2.05 bits per heavy atom. The van der Waals surface area contributed by atoms with Gasteiger partial charge in [0.05, 0.1) is 6.61 Å². The molecule has 2 atom stereocenters. The van der Waals surface area contributed by atoms with E-state index < -0.39 is 36.0 Å². The Morgan fingerprint density at radius 2 is 1.63 bits per heavy atom. The van der Waals surface area contributed by atoms with E-state index in [1.165, 1.54) is 12.2 Å². The molecule has 0 aromatic carbocycles. The molecular formula is C10H15F3N2O4. The first-order valence-corrected chi connectivity index (χ1v) is 5.44. The molecule has 2 amide bonds. The van der Waals surface area contributed by atoms with Gasteiger partial charge in [0, 0.05) is 0 Å². The van der Waals surface area contributed by atoms with Crippen molar-refractivity contribution in [3.8, 4) is 0 Å². The van der Waals surface area contributed by atoms with Crippen LogP contribution in [0.5, 0.6) is 0 Å². The minimum Gasteiger partial charge on any atom is -0.464 e. The highest BCUT2D eigenvalue weighted by Gasteiger charge is 2.40. The van der Waals surface area contributed by atoms with Gasteiger partial charge in [-0.3, -0.25) is 9.59 Å². The topological polar surface area (TPSA) is 84.5 Å². The summed E-state index contributed by atoms with van der Waals surface area (Å²) in [5.74, 6) is -3.86. The number of carbonyl (C=O) groups excluding carboxylic acids is 3. The van der Waals surface area contributed by atoms with Crippen LogP contribution in [0, 0.1) is 0 Å². The summed E-state index contributed by atoms with van der Waals surface area (Å²) >= 11 is 0. The van der Waals surface area contributed by atoms with Crippen molar-refractivity contribution >= 4 is 17.8 Å². The third kappa shape index (κ3) is 6.07. The molecule has 2 N–H and O–H groups in total. The predicted octanol–water partition coefficient (Wildman–Crippen LogP) is 0.121. The van der Waals surface area contributed by atoms with Crippen molar-refractivity contribution in [1.82, 2.24) is 10.6 Å². The molecule has 0 aliphatic carbocycles. The van der Waals surface area contributed by atoms with Crippen LogP contribution < -0.4 is 10.6 Å². The van der Waals surface area contributed by atoms with Crippen LogP contribution in [0.2, 0.25) is 0 Å². The van der Waals surface area contributed by atoms with Crippen molar-refractivity contribution in [3.63, 3.8) is 0 Å². The van der Waals surface area contributed by atoms with Crippen molar-refractivity contribution < 1.29 is 32.3 Å². The van der Waals surface area contributed by atoms with Crippen molar-refractivity contribution in [3.05, 3.63) is 0 Å². The van der Waals surface area contributed by atoms with Crippen LogP contribution in [0.4, 0.5) is 13.2 Å². The zero-order chi connectivity index (χ0) is 15.2. The summed E-state index contributed by atoms with van der Waals surface area (Å²) in [6, 6.07) is -2.44. The molecule has 0 aliphatic heterocycles. The van der Waals surface area contributed by atoms with Crippen LogP contribution in [-0.4, -0.2) is 42.7 Å². The summed E-state index contributed by atoms with van der Waals surface area (Å²) in [6.45, 7) is 4.06. The van der Waals surface area contributed by atoms with Crippen LogP contribution in [0.25, 0.3) is 0 Å². The summed E-state index contributed by atoms with van der Waals surface area (Å²) < 4.78 is 40.4. The molecule has 0 bridgehead atoms. The summed E-state index contributed by atoms with van der Waals surface area (Å²) in [5, 5.41) is 3.59. The van der Waals surface area contributed by atoms with Crippen molar-refractivity contribution in [2.45, 2.75) is 39.0 Å². The van der Waals surface area contributed by atoms with Crippen LogP contribution in [0.1, 0.15) is 20.8 Å². The number of ether oxygens (including phenoxy) is 1. The molecule has 2 unspecified atom stereocenters. The summed E-state index contributed by atoms with van der Waals surface area (Å²) in [5.41, 5.74) is 0. The van der Waals surface area contributed by atoms with E-state index in [2.05, 4.69) is 10.1 Å². The van der Waals surface area contributed by atoms with Crippen LogP contribution >= 0.6 is 0 Å². The first-order chi connectivity index (χ1) is 8.59. The zero-order valence-electron chi connectivity index (χ0n) is 10.6. The fourth-order valence-electron chi connectivity index (χ4n) is 1.01. The lowest BCUT2D eigenvalue weighted by molar-refractivity contribution is -0.174. The number of rotatable bonds is 5. The summed E-state index contributed by atoms with van der Waals surface area (Å²) in [4.78, 5) is 33.2. The maximum Gasteiger partial charge on any atom is 0.471 e. The Kier molecular flexibility index (Phi) is 6.30. The van der Waals surface area contributed by atoms with Gasteiger partial charge in [-0.15, -0.1) is 0 Å². The average Bonchev–Trinajstić information content (AvgIpc) is 2.27. The highest BCUT2D eigenvalue weighted by Crippen LogP contribution is 2.14. The normalized spacial score (nSPS) is 14.2. The third-order valence-electron chi connectivity index (χ3n) is 2.00. The number of amides is 2. The van der Waals surface area contributed by atoms with Gasteiger partial charge in [-0.1, -0.05) is 0 Å². The fraction of sp³-hybridized carbons (Fsp3) is 0.700. The molecule has 6 nitrogen and oxygen atoms in total. The lowest BCUT2D eigenvalue weighted by Crippen LogP contribution is -2.52. The van der Waals surface area contributed by atoms with Crippen LogP contribution in [0.15, 0.2) is 0 Å². The monoisotopic (exact) mass is 284 g/mol. The van der Waals surface area contributed by atoms with Gasteiger partial charge < -0.3 is 15.4 Å². The van der Waals surface area contributed by atoms with Gasteiger partial charge in [0.25, 0.3) is 0 Å². The molecular weight excluding hydrogens is 269 g/mol. The number of alkyl halides is 3. The molecule has 0 rings (SSSR count). The number of nitrogens with one attached hydrogen (secondary N) is 2. The maximum atomic E-state index is 11.9. The Labute approximate surface area is 107 Å². The molecule has 0 fully saturated rings. The quantitative estimate of drug-likeness (QED) is 0.702. The Hall–Kier alpha value is -1.80. The van der Waals surface area contributed by atoms with Gasteiger partial charge in [0.2, 0.25) is 5.91 Å². The number of hydrogen-bond acceptors (Lipinski definition) is 4. The minimum absolute atomic E-state index is 0.111. The Morgan fingerprint density at radius 1 is 1.11 bits per heavy atom. The molecule has 0 heterocycles. The SMILES string of the molecule is CCOC(=O)C(C)NC(=O)C(C)NC(=O)C(F)(F)F. The molecule has 9 heteroatoms. The fourth-order valence-corrected chi connectivity index (χ4v) is 1.01. The second kappa shape index (κ2) is 6.95. The molecule has 19 heavy (non-hydrogen) atoms. The predicted molar refractivity (Wildman–Crippen MR) is 57.9 cm³/mol. The molecule has 0 radical (unpaired) electrons.